The van der Waals surface area contributed by atoms with Crippen LogP contribution in [-0.4, -0.2) is 47.8 Å². The first-order valence-electron chi connectivity index (χ1n) is 10.3. The molecule has 2 heterocycles. The number of carboxylic acids is 1. The van der Waals surface area contributed by atoms with Gasteiger partial charge in [0.15, 0.2) is 11.5 Å². The number of carboxylic acid groups (broad SMARTS) is 1. The molecule has 2 atom stereocenters. The number of carbonyl (C=O) groups is 1. The number of nitrogens with zero attached hydrogens (tertiary/aromatic N) is 2. The molecule has 2 aromatic carbocycles. The lowest BCUT2D eigenvalue weighted by Gasteiger charge is -2.40. The van der Waals surface area contributed by atoms with Gasteiger partial charge in [0.25, 0.3) is 0 Å². The number of fused-ring (bicyclic) bond motifs is 1. The standard InChI is InChI=1S/C24H25BrN2O4/c1-30-21-12-17(18(25)13-22(21)31-2)23(27-10-6-5-9-20(27)24(28)29)16-11-15-7-3-4-8-19(15)26-14-16/h3-4,7-8,11-14,20,23H,5-6,9-10H2,1-2H3,(H,28,29). The molecule has 1 fully saturated rings. The summed E-state index contributed by atoms with van der Waals surface area (Å²) in [4.78, 5) is 18.9. The van der Waals surface area contributed by atoms with Crippen LogP contribution in [0.2, 0.25) is 0 Å². The highest BCUT2D eigenvalue weighted by atomic mass is 79.9. The Kier molecular flexibility index (Phi) is 6.43. The van der Waals surface area contributed by atoms with Crippen LogP contribution >= 0.6 is 15.9 Å². The van der Waals surface area contributed by atoms with E-state index in [1.807, 2.05) is 42.6 Å². The summed E-state index contributed by atoms with van der Waals surface area (Å²) in [5.74, 6) is 0.417. The van der Waals surface area contributed by atoms with Crippen LogP contribution in [0.1, 0.15) is 36.4 Å². The van der Waals surface area contributed by atoms with E-state index in [0.717, 1.165) is 39.3 Å². The number of likely N-dealkylation sites (tertiary alicyclic amines) is 1. The number of hydrogen-bond acceptors (Lipinski definition) is 5. The van der Waals surface area contributed by atoms with Gasteiger partial charge in [0, 0.05) is 16.1 Å². The number of piperidine rings is 1. The lowest BCUT2D eigenvalue weighted by atomic mass is 9.91. The van der Waals surface area contributed by atoms with Crippen molar-refractivity contribution < 1.29 is 19.4 Å². The van der Waals surface area contributed by atoms with Crippen molar-refractivity contribution in [2.75, 3.05) is 20.8 Å². The third-order valence-electron chi connectivity index (χ3n) is 5.89. The van der Waals surface area contributed by atoms with Crippen LogP contribution in [0.5, 0.6) is 11.5 Å². The maximum atomic E-state index is 12.1. The summed E-state index contributed by atoms with van der Waals surface area (Å²) in [6, 6.07) is 13.0. The van der Waals surface area contributed by atoms with Gasteiger partial charge in [-0.05, 0) is 54.8 Å². The number of halogens is 1. The van der Waals surface area contributed by atoms with E-state index in [-0.39, 0.29) is 6.04 Å². The van der Waals surface area contributed by atoms with Crippen molar-refractivity contribution in [3.05, 3.63) is 64.3 Å². The highest BCUT2D eigenvalue weighted by Crippen LogP contribution is 2.42. The first-order chi connectivity index (χ1) is 15.0. The number of pyridine rings is 1. The average molecular weight is 485 g/mol. The Bertz CT molecular complexity index is 1100. The molecule has 1 saturated heterocycles. The average Bonchev–Trinajstić information content (AvgIpc) is 2.80. The summed E-state index contributed by atoms with van der Waals surface area (Å²) in [5.41, 5.74) is 2.77. The Balaban J connectivity index is 1.91. The van der Waals surface area contributed by atoms with Crippen LogP contribution in [0, 0.1) is 0 Å². The van der Waals surface area contributed by atoms with Gasteiger partial charge in [-0.25, -0.2) is 0 Å². The van der Waals surface area contributed by atoms with Crippen molar-refractivity contribution in [1.29, 1.82) is 0 Å². The molecule has 0 amide bonds. The Labute approximate surface area is 189 Å². The Morgan fingerprint density at radius 2 is 1.90 bits per heavy atom. The van der Waals surface area contributed by atoms with E-state index in [0.29, 0.717) is 24.5 Å². The normalized spacial score (nSPS) is 18.0. The van der Waals surface area contributed by atoms with Crippen molar-refractivity contribution in [2.45, 2.75) is 31.3 Å². The molecular formula is C24H25BrN2O4. The summed E-state index contributed by atoms with van der Waals surface area (Å²) >= 11 is 3.69. The summed E-state index contributed by atoms with van der Waals surface area (Å²) < 4.78 is 11.8. The Hall–Kier alpha value is -2.64. The predicted octanol–water partition coefficient (Wildman–Crippen LogP) is 5.04. The number of benzene rings is 2. The first-order valence-corrected chi connectivity index (χ1v) is 11.1. The molecule has 1 aromatic heterocycles. The molecule has 0 radical (unpaired) electrons. The first kappa shape index (κ1) is 21.6. The van der Waals surface area contributed by atoms with Crippen LogP contribution < -0.4 is 9.47 Å². The van der Waals surface area contributed by atoms with Crippen molar-refractivity contribution in [1.82, 2.24) is 9.88 Å². The van der Waals surface area contributed by atoms with E-state index >= 15 is 0 Å². The maximum absolute atomic E-state index is 12.1. The maximum Gasteiger partial charge on any atom is 0.320 e. The molecule has 6 nitrogen and oxygen atoms in total. The third-order valence-corrected chi connectivity index (χ3v) is 6.57. The minimum Gasteiger partial charge on any atom is -0.493 e. The van der Waals surface area contributed by atoms with Gasteiger partial charge >= 0.3 is 5.97 Å². The fourth-order valence-electron chi connectivity index (χ4n) is 4.39. The third kappa shape index (κ3) is 4.25. The Morgan fingerprint density at radius 3 is 2.65 bits per heavy atom. The summed E-state index contributed by atoms with van der Waals surface area (Å²) in [6.45, 7) is 0.690. The van der Waals surface area contributed by atoms with E-state index < -0.39 is 12.0 Å². The van der Waals surface area contributed by atoms with Crippen molar-refractivity contribution >= 4 is 32.8 Å². The number of rotatable bonds is 6. The summed E-state index contributed by atoms with van der Waals surface area (Å²) in [5, 5.41) is 11.0. The van der Waals surface area contributed by atoms with Gasteiger partial charge in [0.2, 0.25) is 0 Å². The van der Waals surface area contributed by atoms with Crippen LogP contribution in [0.15, 0.2) is 53.1 Å². The minimum absolute atomic E-state index is 0.298. The summed E-state index contributed by atoms with van der Waals surface area (Å²) in [6.07, 6.45) is 4.33. The lowest BCUT2D eigenvalue weighted by molar-refractivity contribution is -0.145. The van der Waals surface area contributed by atoms with Crippen molar-refractivity contribution in [2.24, 2.45) is 0 Å². The number of methoxy groups -OCH3 is 2. The van der Waals surface area contributed by atoms with E-state index in [1.165, 1.54) is 0 Å². The van der Waals surface area contributed by atoms with Gasteiger partial charge < -0.3 is 14.6 Å². The van der Waals surface area contributed by atoms with Crippen molar-refractivity contribution in [3.8, 4) is 11.5 Å². The van der Waals surface area contributed by atoms with Gasteiger partial charge in [0.1, 0.15) is 6.04 Å². The lowest BCUT2D eigenvalue weighted by Crippen LogP contribution is -2.47. The zero-order chi connectivity index (χ0) is 22.0. The quantitative estimate of drug-likeness (QED) is 0.528. The van der Waals surface area contributed by atoms with E-state index in [4.69, 9.17) is 9.47 Å². The molecule has 162 valence electrons. The van der Waals surface area contributed by atoms with Crippen LogP contribution in [-0.2, 0) is 4.79 Å². The predicted molar refractivity (Wildman–Crippen MR) is 123 cm³/mol. The number of aliphatic carboxylic acids is 1. The van der Waals surface area contributed by atoms with E-state index in [2.05, 4.69) is 31.9 Å². The molecule has 1 aliphatic rings. The summed E-state index contributed by atoms with van der Waals surface area (Å²) in [7, 11) is 3.20. The zero-order valence-corrected chi connectivity index (χ0v) is 19.1. The van der Waals surface area contributed by atoms with Gasteiger partial charge in [-0.2, -0.15) is 0 Å². The second kappa shape index (κ2) is 9.24. The molecule has 3 aromatic rings. The second-order valence-corrected chi connectivity index (χ2v) is 8.53. The molecule has 1 N–H and O–H groups in total. The highest BCUT2D eigenvalue weighted by Gasteiger charge is 2.36. The fourth-order valence-corrected chi connectivity index (χ4v) is 4.93. The molecule has 0 saturated carbocycles. The smallest absolute Gasteiger partial charge is 0.320 e. The Morgan fingerprint density at radius 1 is 1.16 bits per heavy atom. The van der Waals surface area contributed by atoms with Crippen LogP contribution in [0.25, 0.3) is 10.9 Å². The molecule has 7 heteroatoms. The second-order valence-electron chi connectivity index (χ2n) is 7.68. The minimum atomic E-state index is -0.796. The van der Waals surface area contributed by atoms with Gasteiger partial charge in [-0.15, -0.1) is 0 Å². The van der Waals surface area contributed by atoms with Crippen LogP contribution in [0.3, 0.4) is 0 Å². The topological polar surface area (TPSA) is 71.9 Å². The molecule has 0 aliphatic carbocycles. The fraction of sp³-hybridized carbons (Fsp3) is 0.333. The molecule has 0 spiro atoms. The van der Waals surface area contributed by atoms with Gasteiger partial charge in [0.05, 0.1) is 25.8 Å². The molecule has 1 aliphatic heterocycles. The number of para-hydroxylation sites is 1. The number of ether oxygens (including phenoxy) is 2. The number of aromatic nitrogens is 1. The molecular weight excluding hydrogens is 460 g/mol. The number of hydrogen-bond donors (Lipinski definition) is 1. The highest BCUT2D eigenvalue weighted by molar-refractivity contribution is 9.10. The largest absolute Gasteiger partial charge is 0.493 e. The van der Waals surface area contributed by atoms with E-state index in [1.54, 1.807) is 14.2 Å². The molecule has 4 rings (SSSR count). The van der Waals surface area contributed by atoms with Crippen molar-refractivity contribution in [3.63, 3.8) is 0 Å². The van der Waals surface area contributed by atoms with Gasteiger partial charge in [-0.1, -0.05) is 40.5 Å². The molecule has 0 bridgehead atoms. The van der Waals surface area contributed by atoms with E-state index in [9.17, 15) is 9.90 Å². The van der Waals surface area contributed by atoms with Crippen LogP contribution in [0.4, 0.5) is 0 Å². The molecule has 31 heavy (non-hydrogen) atoms. The molecule has 2 unspecified atom stereocenters. The van der Waals surface area contributed by atoms with Gasteiger partial charge in [-0.3, -0.25) is 14.7 Å². The SMILES string of the molecule is COc1cc(Br)c(C(c2cnc3ccccc3c2)N2CCCCC2C(=O)O)cc1OC. The zero-order valence-electron chi connectivity index (χ0n) is 17.5. The monoisotopic (exact) mass is 484 g/mol.